The minimum Gasteiger partial charge on any atom is -0.384 e. The van der Waals surface area contributed by atoms with E-state index in [1.807, 2.05) is 31.2 Å². The monoisotopic (exact) mass is 162 g/mol. The van der Waals surface area contributed by atoms with Crippen LogP contribution in [0.5, 0.6) is 0 Å². The summed E-state index contributed by atoms with van der Waals surface area (Å²) in [5.74, 6) is 0. The highest BCUT2D eigenvalue weighted by molar-refractivity contribution is 5.62. The summed E-state index contributed by atoms with van der Waals surface area (Å²) >= 11 is 0. The van der Waals surface area contributed by atoms with Crippen LogP contribution < -0.4 is 5.32 Å². The van der Waals surface area contributed by atoms with Gasteiger partial charge < -0.3 is 5.32 Å². The van der Waals surface area contributed by atoms with Gasteiger partial charge in [-0.25, -0.2) is 0 Å². The molecule has 0 atom stereocenters. The molecule has 1 aromatic rings. The third-order valence-electron chi connectivity index (χ3n) is 1.53. The molecule has 0 radical (unpaired) electrons. The van der Waals surface area contributed by atoms with Crippen LogP contribution in [0, 0.1) is 0 Å². The first kappa shape index (κ1) is 8.78. The molecule has 0 saturated heterocycles. The molecule has 0 aliphatic carbocycles. The summed E-state index contributed by atoms with van der Waals surface area (Å²) in [5, 5.41) is 3.25. The van der Waals surface area contributed by atoms with Gasteiger partial charge in [-0.2, -0.15) is 0 Å². The Labute approximate surface area is 73.3 Å². The summed E-state index contributed by atoms with van der Waals surface area (Å²) in [7, 11) is 0. The van der Waals surface area contributed by atoms with Crippen molar-refractivity contribution in [3.63, 3.8) is 0 Å². The van der Waals surface area contributed by atoms with Crippen LogP contribution in [0.25, 0.3) is 6.08 Å². The molecule has 0 amide bonds. The first-order valence-electron chi connectivity index (χ1n) is 4.20. The Morgan fingerprint density at radius 1 is 1.58 bits per heavy atom. The summed E-state index contributed by atoms with van der Waals surface area (Å²) in [5.41, 5.74) is 2.10. The quantitative estimate of drug-likeness (QED) is 0.738. The molecule has 0 aliphatic heterocycles. The highest BCUT2D eigenvalue weighted by Crippen LogP contribution is 2.12. The van der Waals surface area contributed by atoms with Crippen LogP contribution in [0.2, 0.25) is 0 Å². The van der Waals surface area contributed by atoms with Crippen LogP contribution in [-0.2, 0) is 0 Å². The first-order chi connectivity index (χ1) is 5.88. The average Bonchev–Trinajstić information content (AvgIpc) is 2.09. The molecule has 1 N–H and O–H groups in total. The Bertz CT molecular complexity index is 266. The van der Waals surface area contributed by atoms with E-state index < -0.39 is 0 Å². The van der Waals surface area contributed by atoms with E-state index in [0.717, 1.165) is 17.9 Å². The van der Waals surface area contributed by atoms with Gasteiger partial charge in [0.2, 0.25) is 0 Å². The highest BCUT2D eigenvalue weighted by Gasteiger charge is 1.95. The van der Waals surface area contributed by atoms with Crippen molar-refractivity contribution < 1.29 is 0 Å². The van der Waals surface area contributed by atoms with E-state index in [1.54, 1.807) is 6.20 Å². The third-order valence-corrected chi connectivity index (χ3v) is 1.53. The highest BCUT2D eigenvalue weighted by atomic mass is 14.9. The maximum Gasteiger partial charge on any atom is 0.0857 e. The lowest BCUT2D eigenvalue weighted by Crippen LogP contribution is -1.99. The Balaban J connectivity index is 2.91. The molecule has 2 heteroatoms. The lowest BCUT2D eigenvalue weighted by molar-refractivity contribution is 1.18. The smallest absolute Gasteiger partial charge is 0.0857 e. The topological polar surface area (TPSA) is 24.9 Å². The number of allylic oxidation sites excluding steroid dienone is 1. The Morgan fingerprint density at radius 2 is 2.42 bits per heavy atom. The second-order valence-corrected chi connectivity index (χ2v) is 2.47. The van der Waals surface area contributed by atoms with E-state index in [9.17, 15) is 0 Å². The molecule has 64 valence electrons. The maximum absolute atomic E-state index is 4.24. The van der Waals surface area contributed by atoms with Gasteiger partial charge in [-0.15, -0.1) is 0 Å². The van der Waals surface area contributed by atoms with Gasteiger partial charge in [0.1, 0.15) is 0 Å². The van der Waals surface area contributed by atoms with E-state index in [-0.39, 0.29) is 0 Å². The number of pyridine rings is 1. The molecule has 1 rings (SSSR count). The van der Waals surface area contributed by atoms with Crippen LogP contribution in [0.4, 0.5) is 5.69 Å². The van der Waals surface area contributed by atoms with Gasteiger partial charge in [-0.05, 0) is 32.1 Å². The summed E-state index contributed by atoms with van der Waals surface area (Å²) in [6.07, 6.45) is 5.79. The Kier molecular flexibility index (Phi) is 3.33. The van der Waals surface area contributed by atoms with Gasteiger partial charge in [-0.3, -0.25) is 4.98 Å². The van der Waals surface area contributed by atoms with E-state index in [1.165, 1.54) is 0 Å². The van der Waals surface area contributed by atoms with Gasteiger partial charge in [0.15, 0.2) is 0 Å². The predicted octanol–water partition coefficient (Wildman–Crippen LogP) is 2.55. The molecule has 0 fully saturated rings. The number of nitrogens with one attached hydrogen (secondary N) is 1. The molecule has 2 nitrogen and oxygen atoms in total. The second kappa shape index (κ2) is 4.54. The van der Waals surface area contributed by atoms with Crippen LogP contribution in [0.1, 0.15) is 19.5 Å². The maximum atomic E-state index is 4.24. The fourth-order valence-corrected chi connectivity index (χ4v) is 1.05. The Hall–Kier alpha value is -1.31. The van der Waals surface area contributed by atoms with Crippen LogP contribution in [0.3, 0.4) is 0 Å². The van der Waals surface area contributed by atoms with Crippen molar-refractivity contribution in [2.45, 2.75) is 13.8 Å². The molecular weight excluding hydrogens is 148 g/mol. The van der Waals surface area contributed by atoms with E-state index in [0.29, 0.717) is 0 Å². The van der Waals surface area contributed by atoms with Crippen molar-refractivity contribution >= 4 is 11.8 Å². The SMILES string of the molecule is C/C=C/c1ncccc1NCC. The largest absolute Gasteiger partial charge is 0.384 e. The number of anilines is 1. The summed E-state index contributed by atoms with van der Waals surface area (Å²) in [4.78, 5) is 4.24. The predicted molar refractivity (Wildman–Crippen MR) is 53.1 cm³/mol. The van der Waals surface area contributed by atoms with Crippen LogP contribution in [0.15, 0.2) is 24.4 Å². The van der Waals surface area contributed by atoms with Crippen molar-refractivity contribution in [3.8, 4) is 0 Å². The molecule has 12 heavy (non-hydrogen) atoms. The summed E-state index contributed by atoms with van der Waals surface area (Å²) < 4.78 is 0. The molecule has 0 saturated carbocycles. The van der Waals surface area contributed by atoms with Gasteiger partial charge in [-0.1, -0.05) is 6.08 Å². The van der Waals surface area contributed by atoms with Gasteiger partial charge in [0.25, 0.3) is 0 Å². The first-order valence-corrected chi connectivity index (χ1v) is 4.20. The zero-order valence-electron chi connectivity index (χ0n) is 7.54. The van der Waals surface area contributed by atoms with Crippen molar-refractivity contribution in [2.24, 2.45) is 0 Å². The van der Waals surface area contributed by atoms with Crippen molar-refractivity contribution in [1.82, 2.24) is 4.98 Å². The number of hydrogen-bond acceptors (Lipinski definition) is 2. The molecule has 0 bridgehead atoms. The fraction of sp³-hybridized carbons (Fsp3) is 0.300. The standard InChI is InChI=1S/C10H14N2/c1-3-6-9-10(11-4-2)7-5-8-12-9/h3,5-8,11H,4H2,1-2H3/b6-3+. The van der Waals surface area contributed by atoms with Crippen LogP contribution in [-0.4, -0.2) is 11.5 Å². The fourth-order valence-electron chi connectivity index (χ4n) is 1.05. The van der Waals surface area contributed by atoms with Gasteiger partial charge in [0, 0.05) is 12.7 Å². The summed E-state index contributed by atoms with van der Waals surface area (Å²) in [6.45, 7) is 4.99. The van der Waals surface area contributed by atoms with Crippen molar-refractivity contribution in [1.29, 1.82) is 0 Å². The lowest BCUT2D eigenvalue weighted by Gasteiger charge is -2.04. The molecule has 0 spiro atoms. The average molecular weight is 162 g/mol. The van der Waals surface area contributed by atoms with Crippen molar-refractivity contribution in [3.05, 3.63) is 30.1 Å². The minimum absolute atomic E-state index is 0.927. The van der Waals surface area contributed by atoms with E-state index >= 15 is 0 Å². The molecule has 0 unspecified atom stereocenters. The number of nitrogens with zero attached hydrogens (tertiary/aromatic N) is 1. The number of rotatable bonds is 3. The normalized spacial score (nSPS) is 10.5. The van der Waals surface area contributed by atoms with Gasteiger partial charge in [0.05, 0.1) is 11.4 Å². The lowest BCUT2D eigenvalue weighted by atomic mass is 10.2. The zero-order valence-corrected chi connectivity index (χ0v) is 7.54. The van der Waals surface area contributed by atoms with E-state index in [4.69, 9.17) is 0 Å². The zero-order chi connectivity index (χ0) is 8.81. The number of hydrogen-bond donors (Lipinski definition) is 1. The minimum atomic E-state index is 0.927. The molecule has 1 aromatic heterocycles. The molecule has 1 heterocycles. The van der Waals surface area contributed by atoms with E-state index in [2.05, 4.69) is 17.2 Å². The summed E-state index contributed by atoms with van der Waals surface area (Å²) in [6, 6.07) is 3.97. The molecule has 0 aromatic carbocycles. The molecule has 0 aliphatic rings. The molecular formula is C10H14N2. The van der Waals surface area contributed by atoms with Gasteiger partial charge >= 0.3 is 0 Å². The van der Waals surface area contributed by atoms with Crippen molar-refractivity contribution in [2.75, 3.05) is 11.9 Å². The third kappa shape index (κ3) is 2.09. The Morgan fingerprint density at radius 3 is 3.08 bits per heavy atom. The van der Waals surface area contributed by atoms with Crippen LogP contribution >= 0.6 is 0 Å². The second-order valence-electron chi connectivity index (χ2n) is 2.47. The number of aromatic nitrogens is 1.